The van der Waals surface area contributed by atoms with Gasteiger partial charge in [-0.2, -0.15) is 18.3 Å². The van der Waals surface area contributed by atoms with Crippen LogP contribution in [-0.4, -0.2) is 50.8 Å². The second-order valence-corrected chi connectivity index (χ2v) is 8.56. The number of hydrogen-bond donors (Lipinski definition) is 3. The quantitative estimate of drug-likeness (QED) is 0.306. The van der Waals surface area contributed by atoms with E-state index in [-0.39, 0.29) is 11.3 Å². The van der Waals surface area contributed by atoms with Crippen LogP contribution in [-0.2, 0) is 13.2 Å². The molecule has 0 aliphatic heterocycles. The first kappa shape index (κ1) is 25.9. The lowest BCUT2D eigenvalue weighted by molar-refractivity contribution is -0.137. The maximum absolute atomic E-state index is 13.3. The van der Waals surface area contributed by atoms with Crippen molar-refractivity contribution in [3.8, 4) is 16.9 Å². The zero-order valence-corrected chi connectivity index (χ0v) is 20.8. The predicted octanol–water partition coefficient (Wildman–Crippen LogP) is 4.19. The van der Waals surface area contributed by atoms with Gasteiger partial charge in [-0.3, -0.25) is 9.48 Å². The number of nitrogens with one attached hydrogen (secondary N) is 3. The lowest BCUT2D eigenvalue weighted by Gasteiger charge is -2.16. The highest BCUT2D eigenvalue weighted by Crippen LogP contribution is 2.34. The molecule has 0 saturated carbocycles. The summed E-state index contributed by atoms with van der Waals surface area (Å²) in [6.45, 7) is 4.84. The Kier molecular flexibility index (Phi) is 7.30. The Bertz CT molecular complexity index is 1420. The highest BCUT2D eigenvalue weighted by Gasteiger charge is 2.31. The fourth-order valence-corrected chi connectivity index (χ4v) is 3.75. The Morgan fingerprint density at radius 1 is 1.05 bits per heavy atom. The molecule has 37 heavy (non-hydrogen) atoms. The number of aromatic nitrogens is 5. The van der Waals surface area contributed by atoms with E-state index >= 15 is 0 Å². The van der Waals surface area contributed by atoms with Gasteiger partial charge in [0, 0.05) is 37.0 Å². The lowest BCUT2D eigenvalue weighted by Crippen LogP contribution is -2.20. The van der Waals surface area contributed by atoms with Crippen LogP contribution in [0, 0.1) is 13.8 Å². The van der Waals surface area contributed by atoms with Crippen molar-refractivity contribution < 1.29 is 18.0 Å². The molecule has 4 aromatic rings. The van der Waals surface area contributed by atoms with E-state index in [1.54, 1.807) is 47.0 Å². The molecule has 2 aromatic heterocycles. The van der Waals surface area contributed by atoms with E-state index in [2.05, 4.69) is 31.4 Å². The van der Waals surface area contributed by atoms with Gasteiger partial charge >= 0.3 is 6.18 Å². The van der Waals surface area contributed by atoms with Crippen LogP contribution in [0.3, 0.4) is 0 Å². The first-order valence-electron chi connectivity index (χ1n) is 11.5. The van der Waals surface area contributed by atoms with Gasteiger partial charge in [0.25, 0.3) is 5.91 Å². The average molecular weight is 513 g/mol. The molecule has 0 aliphatic carbocycles. The van der Waals surface area contributed by atoms with Gasteiger partial charge < -0.3 is 16.0 Å². The van der Waals surface area contributed by atoms with Crippen molar-refractivity contribution in [1.82, 2.24) is 30.1 Å². The van der Waals surface area contributed by atoms with Gasteiger partial charge in [-0.1, -0.05) is 11.3 Å². The molecule has 3 N–H and O–H groups in total. The van der Waals surface area contributed by atoms with Gasteiger partial charge in [0.2, 0.25) is 0 Å². The van der Waals surface area contributed by atoms with Gasteiger partial charge in [0.15, 0.2) is 0 Å². The number of hydrogen-bond acceptors (Lipinski definition) is 6. The van der Waals surface area contributed by atoms with Crippen LogP contribution in [0.1, 0.15) is 27.2 Å². The molecule has 9 nitrogen and oxygen atoms in total. The Balaban J connectivity index is 1.63. The molecule has 194 valence electrons. The van der Waals surface area contributed by atoms with Crippen LogP contribution in [0.5, 0.6) is 0 Å². The summed E-state index contributed by atoms with van der Waals surface area (Å²) in [6, 6.07) is 8.20. The molecule has 0 saturated heterocycles. The van der Waals surface area contributed by atoms with Crippen LogP contribution >= 0.6 is 0 Å². The van der Waals surface area contributed by atoms with Crippen LogP contribution in [0.4, 0.5) is 24.5 Å². The van der Waals surface area contributed by atoms with Crippen LogP contribution < -0.4 is 16.0 Å². The third-order valence-electron chi connectivity index (χ3n) is 6.01. The summed E-state index contributed by atoms with van der Waals surface area (Å²) < 4.78 is 43.3. The molecule has 0 bridgehead atoms. The molecule has 2 aromatic carbocycles. The molecule has 4 rings (SSSR count). The van der Waals surface area contributed by atoms with Crippen molar-refractivity contribution in [2.75, 3.05) is 30.8 Å². The fourth-order valence-electron chi connectivity index (χ4n) is 3.75. The van der Waals surface area contributed by atoms with Gasteiger partial charge in [-0.05, 0) is 56.8 Å². The average Bonchev–Trinajstić information content (AvgIpc) is 3.46. The third kappa shape index (κ3) is 5.64. The maximum atomic E-state index is 13.3. The van der Waals surface area contributed by atoms with E-state index in [1.807, 2.05) is 20.9 Å². The first-order valence-corrected chi connectivity index (χ1v) is 11.5. The summed E-state index contributed by atoms with van der Waals surface area (Å²) in [5.41, 5.74) is 3.67. The molecule has 0 fully saturated rings. The minimum Gasteiger partial charge on any atom is -0.382 e. The molecule has 1 amide bonds. The highest BCUT2D eigenvalue weighted by atomic mass is 19.4. The summed E-state index contributed by atoms with van der Waals surface area (Å²) in [6.07, 6.45) is -1.10. The van der Waals surface area contributed by atoms with E-state index in [4.69, 9.17) is 0 Å². The molecule has 2 heterocycles. The predicted molar refractivity (Wildman–Crippen MR) is 135 cm³/mol. The van der Waals surface area contributed by atoms with E-state index in [1.165, 1.54) is 6.07 Å². The number of nitrogens with zero attached hydrogens (tertiary/aromatic N) is 5. The minimum absolute atomic E-state index is 0.0353. The van der Waals surface area contributed by atoms with Crippen molar-refractivity contribution in [3.63, 3.8) is 0 Å². The van der Waals surface area contributed by atoms with E-state index in [0.717, 1.165) is 29.0 Å². The lowest BCUT2D eigenvalue weighted by atomic mass is 10.1. The number of rotatable bonds is 8. The number of alkyl halides is 3. The first-order chi connectivity index (χ1) is 17.6. The molecule has 0 radical (unpaired) electrons. The Hall–Kier alpha value is -4.19. The minimum atomic E-state index is -4.54. The fraction of sp³-hybridized carbons (Fsp3) is 0.280. The smallest absolute Gasteiger partial charge is 0.382 e. The number of carbonyl (C=O) groups excluding carboxylic acids is 1. The normalized spacial score (nSPS) is 11.5. The summed E-state index contributed by atoms with van der Waals surface area (Å²) in [5.74, 6) is -0.555. The number of halogens is 3. The van der Waals surface area contributed by atoms with Crippen molar-refractivity contribution in [2.45, 2.75) is 20.0 Å². The molecule has 0 aliphatic rings. The standard InChI is InChI=1S/C25H27F3N8O/c1-15-5-6-17(11-23(15)36-14-22(33-34-36)19-13-31-35(4)16(19)2)24(37)32-21-12-18(25(26,27)28)7-8-20(21)30-10-9-29-3/h5-8,11-14,29-30H,9-10H2,1-4H3,(H,32,37). The van der Waals surface area contributed by atoms with Crippen molar-refractivity contribution >= 4 is 17.3 Å². The topological polar surface area (TPSA) is 102 Å². The van der Waals surface area contributed by atoms with E-state index < -0.39 is 17.6 Å². The Morgan fingerprint density at radius 3 is 2.51 bits per heavy atom. The Labute approximate surface area is 211 Å². The largest absolute Gasteiger partial charge is 0.416 e. The molecule has 0 unspecified atom stereocenters. The third-order valence-corrected chi connectivity index (χ3v) is 6.01. The summed E-state index contributed by atoms with van der Waals surface area (Å²) in [7, 11) is 3.60. The summed E-state index contributed by atoms with van der Waals surface area (Å²) >= 11 is 0. The highest BCUT2D eigenvalue weighted by molar-refractivity contribution is 6.06. The summed E-state index contributed by atoms with van der Waals surface area (Å²) in [4.78, 5) is 13.1. The van der Waals surface area contributed by atoms with Gasteiger partial charge in [0.1, 0.15) is 5.69 Å². The van der Waals surface area contributed by atoms with Gasteiger partial charge in [-0.15, -0.1) is 5.10 Å². The SMILES string of the molecule is CNCCNc1ccc(C(F)(F)F)cc1NC(=O)c1ccc(C)c(-n2cc(-c3cnn(C)c3C)nn2)c1. The number of likely N-dealkylation sites (N-methyl/N-ethyl adjacent to an activating group) is 1. The number of benzene rings is 2. The molecule has 0 spiro atoms. The van der Waals surface area contributed by atoms with Crippen molar-refractivity contribution in [2.24, 2.45) is 7.05 Å². The van der Waals surface area contributed by atoms with E-state index in [0.29, 0.717) is 30.2 Å². The van der Waals surface area contributed by atoms with Gasteiger partial charge in [-0.25, -0.2) is 4.68 Å². The monoisotopic (exact) mass is 512 g/mol. The van der Waals surface area contributed by atoms with Crippen LogP contribution in [0.25, 0.3) is 16.9 Å². The second kappa shape index (κ2) is 10.4. The number of amides is 1. The van der Waals surface area contributed by atoms with Crippen LogP contribution in [0.2, 0.25) is 0 Å². The van der Waals surface area contributed by atoms with Gasteiger partial charge in [0.05, 0.1) is 35.0 Å². The number of aryl methyl sites for hydroxylation is 2. The number of anilines is 2. The zero-order chi connectivity index (χ0) is 26.7. The summed E-state index contributed by atoms with van der Waals surface area (Å²) in [5, 5.41) is 21.3. The van der Waals surface area contributed by atoms with Crippen molar-refractivity contribution in [3.05, 3.63) is 71.2 Å². The molecule has 0 atom stereocenters. The Morgan fingerprint density at radius 2 is 1.84 bits per heavy atom. The van der Waals surface area contributed by atoms with Crippen molar-refractivity contribution in [1.29, 1.82) is 0 Å². The van der Waals surface area contributed by atoms with E-state index in [9.17, 15) is 18.0 Å². The molecule has 12 heteroatoms. The molecular formula is C25H27F3N8O. The zero-order valence-electron chi connectivity index (χ0n) is 20.8. The molecular weight excluding hydrogens is 485 g/mol. The maximum Gasteiger partial charge on any atom is 0.416 e. The number of carbonyl (C=O) groups is 1. The second-order valence-electron chi connectivity index (χ2n) is 8.56. The van der Waals surface area contributed by atoms with Crippen LogP contribution in [0.15, 0.2) is 48.8 Å².